The van der Waals surface area contributed by atoms with Gasteiger partial charge < -0.3 is 14.6 Å². The molecule has 0 atom stereocenters. The maximum absolute atomic E-state index is 12.7. The molecule has 26 heavy (non-hydrogen) atoms. The van der Waals surface area contributed by atoms with Gasteiger partial charge in [0.2, 0.25) is 0 Å². The van der Waals surface area contributed by atoms with E-state index in [0.29, 0.717) is 35.6 Å². The molecule has 1 N–H and O–H groups in total. The molecule has 0 aliphatic rings. The molecule has 0 saturated heterocycles. The molecular weight excluding hydrogens is 332 g/mol. The number of phenolic OH excluding ortho intramolecular Hbond substituents is 1. The standard InChI is InChI=1S/C21H24O5/c1-14(2)13-26-18-8-4-15(5-9-18)21(24)17-6-10-19(22)16(12-17)7-11-20(23)25-3/h4-6,8-10,12,14,22H,7,11,13H2,1-3H3. The number of esters is 1. The number of rotatable bonds is 8. The molecule has 0 aliphatic heterocycles. The minimum atomic E-state index is -0.363. The van der Waals surface area contributed by atoms with Gasteiger partial charge in [-0.15, -0.1) is 0 Å². The smallest absolute Gasteiger partial charge is 0.305 e. The molecule has 0 bridgehead atoms. The van der Waals surface area contributed by atoms with Crippen LogP contribution in [0.5, 0.6) is 11.5 Å². The number of aryl methyl sites for hydroxylation is 1. The quantitative estimate of drug-likeness (QED) is 0.576. The van der Waals surface area contributed by atoms with Gasteiger partial charge in [0.25, 0.3) is 0 Å². The summed E-state index contributed by atoms with van der Waals surface area (Å²) in [7, 11) is 1.32. The summed E-state index contributed by atoms with van der Waals surface area (Å²) in [4.78, 5) is 23.9. The lowest BCUT2D eigenvalue weighted by atomic mass is 9.99. The summed E-state index contributed by atoms with van der Waals surface area (Å²) in [6.45, 7) is 4.76. The highest BCUT2D eigenvalue weighted by Crippen LogP contribution is 2.23. The van der Waals surface area contributed by atoms with Gasteiger partial charge in [0.15, 0.2) is 5.78 Å². The zero-order valence-electron chi connectivity index (χ0n) is 15.3. The van der Waals surface area contributed by atoms with E-state index in [1.165, 1.54) is 13.2 Å². The Bertz CT molecular complexity index is 762. The van der Waals surface area contributed by atoms with Gasteiger partial charge in [-0.05, 0) is 60.4 Å². The Morgan fingerprint density at radius 3 is 2.31 bits per heavy atom. The van der Waals surface area contributed by atoms with E-state index >= 15 is 0 Å². The van der Waals surface area contributed by atoms with E-state index in [4.69, 9.17) is 4.74 Å². The first-order chi connectivity index (χ1) is 12.4. The second-order valence-electron chi connectivity index (χ2n) is 6.48. The molecule has 0 saturated carbocycles. The molecule has 0 amide bonds. The summed E-state index contributed by atoms with van der Waals surface area (Å²) >= 11 is 0. The molecule has 5 nitrogen and oxygen atoms in total. The van der Waals surface area contributed by atoms with Gasteiger partial charge >= 0.3 is 5.97 Å². The van der Waals surface area contributed by atoms with Gasteiger partial charge in [-0.25, -0.2) is 0 Å². The van der Waals surface area contributed by atoms with E-state index in [2.05, 4.69) is 18.6 Å². The number of ketones is 1. The molecule has 0 radical (unpaired) electrons. The highest BCUT2D eigenvalue weighted by atomic mass is 16.5. The van der Waals surface area contributed by atoms with Crippen molar-refractivity contribution in [2.45, 2.75) is 26.7 Å². The summed E-state index contributed by atoms with van der Waals surface area (Å²) in [5.74, 6) is 0.692. The average Bonchev–Trinajstić information content (AvgIpc) is 2.65. The van der Waals surface area contributed by atoms with Crippen molar-refractivity contribution in [1.82, 2.24) is 0 Å². The van der Waals surface area contributed by atoms with Gasteiger partial charge in [0.1, 0.15) is 11.5 Å². The number of methoxy groups -OCH3 is 1. The zero-order valence-corrected chi connectivity index (χ0v) is 15.3. The maximum Gasteiger partial charge on any atom is 0.305 e. The van der Waals surface area contributed by atoms with Gasteiger partial charge in [-0.1, -0.05) is 13.8 Å². The lowest BCUT2D eigenvalue weighted by Gasteiger charge is -2.10. The van der Waals surface area contributed by atoms with Gasteiger partial charge in [0, 0.05) is 17.5 Å². The molecule has 0 fully saturated rings. The molecule has 0 spiro atoms. The fourth-order valence-electron chi connectivity index (χ4n) is 2.40. The third-order valence-electron chi connectivity index (χ3n) is 3.87. The van der Waals surface area contributed by atoms with Crippen LogP contribution in [0.15, 0.2) is 42.5 Å². The Morgan fingerprint density at radius 2 is 1.69 bits per heavy atom. The summed E-state index contributed by atoms with van der Waals surface area (Å²) in [5, 5.41) is 9.93. The third-order valence-corrected chi connectivity index (χ3v) is 3.87. The Hall–Kier alpha value is -2.82. The third kappa shape index (κ3) is 5.34. The Labute approximate surface area is 153 Å². The monoisotopic (exact) mass is 356 g/mol. The number of carbonyl (C=O) groups excluding carboxylic acids is 2. The molecule has 0 aliphatic carbocycles. The van der Waals surface area contributed by atoms with Gasteiger partial charge in [-0.3, -0.25) is 9.59 Å². The molecule has 5 heteroatoms. The SMILES string of the molecule is COC(=O)CCc1cc(C(=O)c2ccc(OCC(C)C)cc2)ccc1O. The molecule has 2 rings (SSSR count). The minimum absolute atomic E-state index is 0.0582. The van der Waals surface area contributed by atoms with Crippen LogP contribution < -0.4 is 4.74 Å². The zero-order chi connectivity index (χ0) is 19.1. The molecule has 0 unspecified atom stereocenters. The predicted octanol–water partition coefficient (Wildman–Crippen LogP) is 3.76. The predicted molar refractivity (Wildman–Crippen MR) is 98.7 cm³/mol. The summed E-state index contributed by atoms with van der Waals surface area (Å²) in [6.07, 6.45) is 0.450. The highest BCUT2D eigenvalue weighted by molar-refractivity contribution is 6.09. The second kappa shape index (κ2) is 9.04. The van der Waals surface area contributed by atoms with Crippen LogP contribution in [-0.2, 0) is 16.0 Å². The lowest BCUT2D eigenvalue weighted by Crippen LogP contribution is -2.06. The van der Waals surface area contributed by atoms with Crippen LogP contribution in [0.3, 0.4) is 0 Å². The van der Waals surface area contributed by atoms with Crippen molar-refractivity contribution >= 4 is 11.8 Å². The summed E-state index contributed by atoms with van der Waals surface area (Å²) in [5.41, 5.74) is 1.53. The first kappa shape index (κ1) is 19.5. The Kier molecular flexibility index (Phi) is 6.78. The van der Waals surface area contributed by atoms with Crippen molar-refractivity contribution in [3.05, 3.63) is 59.2 Å². The van der Waals surface area contributed by atoms with Crippen molar-refractivity contribution in [2.24, 2.45) is 5.92 Å². The largest absolute Gasteiger partial charge is 0.508 e. The number of ether oxygens (including phenoxy) is 2. The minimum Gasteiger partial charge on any atom is -0.508 e. The summed E-state index contributed by atoms with van der Waals surface area (Å²) in [6, 6.07) is 11.6. The van der Waals surface area contributed by atoms with Crippen LogP contribution in [0.25, 0.3) is 0 Å². The first-order valence-corrected chi connectivity index (χ1v) is 8.57. The van der Waals surface area contributed by atoms with E-state index in [0.717, 1.165) is 5.75 Å². The molecule has 2 aromatic carbocycles. The van der Waals surface area contributed by atoms with E-state index in [-0.39, 0.29) is 23.9 Å². The van der Waals surface area contributed by atoms with Crippen LogP contribution in [0.2, 0.25) is 0 Å². The second-order valence-corrected chi connectivity index (χ2v) is 6.48. The molecule has 2 aromatic rings. The molecule has 0 aromatic heterocycles. The number of phenols is 1. The van der Waals surface area contributed by atoms with Crippen molar-refractivity contribution < 1.29 is 24.2 Å². The Morgan fingerprint density at radius 1 is 1.04 bits per heavy atom. The number of hydrogen-bond acceptors (Lipinski definition) is 5. The first-order valence-electron chi connectivity index (χ1n) is 8.57. The fourth-order valence-corrected chi connectivity index (χ4v) is 2.40. The van der Waals surface area contributed by atoms with Crippen LogP contribution in [0.4, 0.5) is 0 Å². The number of hydrogen-bond donors (Lipinski definition) is 1. The van der Waals surface area contributed by atoms with Crippen LogP contribution in [-0.4, -0.2) is 30.6 Å². The van der Waals surface area contributed by atoms with E-state index in [1.807, 2.05) is 0 Å². The van der Waals surface area contributed by atoms with Crippen molar-refractivity contribution in [1.29, 1.82) is 0 Å². The van der Waals surface area contributed by atoms with E-state index in [9.17, 15) is 14.7 Å². The molecular formula is C21H24O5. The van der Waals surface area contributed by atoms with Crippen LogP contribution in [0, 0.1) is 5.92 Å². The molecule has 138 valence electrons. The maximum atomic E-state index is 12.7. The van der Waals surface area contributed by atoms with Crippen molar-refractivity contribution in [2.75, 3.05) is 13.7 Å². The van der Waals surface area contributed by atoms with Crippen LogP contribution >= 0.6 is 0 Å². The number of aromatic hydroxyl groups is 1. The average molecular weight is 356 g/mol. The fraction of sp³-hybridized carbons (Fsp3) is 0.333. The normalized spacial score (nSPS) is 10.6. The Balaban J connectivity index is 2.12. The molecule has 0 heterocycles. The van der Waals surface area contributed by atoms with Gasteiger partial charge in [-0.2, -0.15) is 0 Å². The van der Waals surface area contributed by atoms with Crippen molar-refractivity contribution in [3.63, 3.8) is 0 Å². The lowest BCUT2D eigenvalue weighted by molar-refractivity contribution is -0.140. The number of carbonyl (C=O) groups is 2. The summed E-state index contributed by atoms with van der Waals surface area (Å²) < 4.78 is 10.2. The highest BCUT2D eigenvalue weighted by Gasteiger charge is 2.13. The van der Waals surface area contributed by atoms with E-state index < -0.39 is 0 Å². The topological polar surface area (TPSA) is 72.8 Å². The van der Waals surface area contributed by atoms with Crippen molar-refractivity contribution in [3.8, 4) is 11.5 Å². The van der Waals surface area contributed by atoms with Crippen LogP contribution in [0.1, 0.15) is 41.8 Å². The number of benzene rings is 2. The van der Waals surface area contributed by atoms with E-state index in [1.54, 1.807) is 36.4 Å². The van der Waals surface area contributed by atoms with Gasteiger partial charge in [0.05, 0.1) is 13.7 Å².